The monoisotopic (exact) mass is 494 g/mol. The van der Waals surface area contributed by atoms with Crippen LogP contribution in [0.25, 0.3) is 16.5 Å². The molecule has 0 radical (unpaired) electrons. The van der Waals surface area contributed by atoms with Crippen molar-refractivity contribution in [3.8, 4) is 0 Å². The summed E-state index contributed by atoms with van der Waals surface area (Å²) in [5.74, 6) is 0. The number of hydrogen-bond acceptors (Lipinski definition) is 4. The molecule has 0 saturated carbocycles. The van der Waals surface area contributed by atoms with Gasteiger partial charge in [0.25, 0.3) is 0 Å². The van der Waals surface area contributed by atoms with Crippen LogP contribution in [0.15, 0.2) is 121 Å². The number of nitrogens with two attached hydrogens (primary N) is 1. The summed E-state index contributed by atoms with van der Waals surface area (Å²) in [6.07, 6.45) is 1.82. The number of benzene rings is 5. The molecule has 0 spiro atoms. The largest absolute Gasteiger partial charge is 0.399 e. The summed E-state index contributed by atoms with van der Waals surface area (Å²) in [5.41, 5.74) is 13.9. The van der Waals surface area contributed by atoms with Crippen molar-refractivity contribution >= 4 is 45.0 Å². The number of nitrogens with zero attached hydrogens (tertiary/aromatic N) is 1. The molecule has 186 valence electrons. The predicted molar refractivity (Wildman–Crippen MR) is 162 cm³/mol. The molecular weight excluding hydrogens is 464 g/mol. The maximum absolute atomic E-state index is 8.48. The highest BCUT2D eigenvalue weighted by atomic mass is 15.2. The van der Waals surface area contributed by atoms with Crippen LogP contribution in [0, 0.1) is 24.7 Å². The summed E-state index contributed by atoms with van der Waals surface area (Å²) >= 11 is 0. The first-order chi connectivity index (χ1) is 18.4. The van der Waals surface area contributed by atoms with Crippen molar-refractivity contribution in [2.45, 2.75) is 13.8 Å². The van der Waals surface area contributed by atoms with E-state index in [9.17, 15) is 0 Å². The molecule has 0 aromatic heterocycles. The molecule has 0 unspecified atom stereocenters. The maximum Gasteiger partial charge on any atom is 0.0869 e. The van der Waals surface area contributed by atoms with Gasteiger partial charge >= 0.3 is 0 Å². The van der Waals surface area contributed by atoms with Gasteiger partial charge in [-0.1, -0.05) is 90.5 Å². The molecule has 6 rings (SSSR count). The van der Waals surface area contributed by atoms with Crippen molar-refractivity contribution in [3.05, 3.63) is 144 Å². The van der Waals surface area contributed by atoms with E-state index in [2.05, 4.69) is 79.4 Å². The number of anilines is 3. The first-order valence-electron chi connectivity index (χ1n) is 12.6. The van der Waals surface area contributed by atoms with Crippen molar-refractivity contribution in [3.63, 3.8) is 0 Å². The zero-order valence-corrected chi connectivity index (χ0v) is 21.6. The number of para-hydroxylation sites is 1. The number of rotatable bonds is 3. The van der Waals surface area contributed by atoms with Crippen molar-refractivity contribution in [1.82, 2.24) is 0 Å². The van der Waals surface area contributed by atoms with E-state index in [1.165, 1.54) is 16.5 Å². The Hall–Kier alpha value is -4.96. The Kier molecular flexibility index (Phi) is 6.88. The predicted octanol–water partition coefficient (Wildman–Crippen LogP) is 8.31. The fraction of sp³-hybridized carbons (Fsp3) is 0.0588. The van der Waals surface area contributed by atoms with Gasteiger partial charge < -0.3 is 10.6 Å². The highest BCUT2D eigenvalue weighted by Gasteiger charge is 2.26. The van der Waals surface area contributed by atoms with E-state index in [0.29, 0.717) is 0 Å². The molecule has 5 aromatic rings. The molecule has 0 atom stereocenters. The fourth-order valence-corrected chi connectivity index (χ4v) is 4.72. The van der Waals surface area contributed by atoms with Crippen LogP contribution >= 0.6 is 0 Å². The number of nitrogens with one attached hydrogen (secondary N) is 2. The second-order valence-corrected chi connectivity index (χ2v) is 9.39. The average molecular weight is 495 g/mol. The molecule has 1 aliphatic carbocycles. The van der Waals surface area contributed by atoms with E-state index < -0.39 is 0 Å². The van der Waals surface area contributed by atoms with Gasteiger partial charge in [-0.15, -0.1) is 0 Å². The molecule has 4 heteroatoms. The van der Waals surface area contributed by atoms with E-state index >= 15 is 0 Å². The fourth-order valence-electron chi connectivity index (χ4n) is 4.72. The molecule has 0 amide bonds. The number of fused-ring (bicyclic) bond motifs is 2. The van der Waals surface area contributed by atoms with E-state index in [1.807, 2.05) is 60.7 Å². The SMILES string of the molecule is Cc1ccc(N(C2=CC(=N)C(=N)c3ccccc32)c2ccc(C)c3ccccc23)cc1.Nc1ccccc1. The van der Waals surface area contributed by atoms with Gasteiger partial charge in [0.2, 0.25) is 0 Å². The molecule has 4 nitrogen and oxygen atoms in total. The lowest BCUT2D eigenvalue weighted by Crippen LogP contribution is -2.25. The zero-order valence-electron chi connectivity index (χ0n) is 21.6. The van der Waals surface area contributed by atoms with Gasteiger partial charge in [0.1, 0.15) is 0 Å². The quantitative estimate of drug-likeness (QED) is 0.221. The van der Waals surface area contributed by atoms with Gasteiger partial charge in [-0.2, -0.15) is 0 Å². The van der Waals surface area contributed by atoms with Crippen LogP contribution in [0.5, 0.6) is 0 Å². The minimum atomic E-state index is 0.224. The average Bonchev–Trinajstić information content (AvgIpc) is 2.94. The minimum absolute atomic E-state index is 0.224. The molecule has 5 aromatic carbocycles. The Bertz CT molecular complexity index is 1660. The van der Waals surface area contributed by atoms with Gasteiger partial charge in [-0.25, -0.2) is 0 Å². The smallest absolute Gasteiger partial charge is 0.0869 e. The lowest BCUT2D eigenvalue weighted by Gasteiger charge is -2.32. The molecular formula is C34H30N4. The molecule has 38 heavy (non-hydrogen) atoms. The van der Waals surface area contributed by atoms with Gasteiger partial charge in [0.05, 0.1) is 22.8 Å². The number of nitrogen functional groups attached to an aromatic ring is 1. The van der Waals surface area contributed by atoms with E-state index in [4.69, 9.17) is 16.6 Å². The third kappa shape index (κ3) is 4.84. The minimum Gasteiger partial charge on any atom is -0.399 e. The van der Waals surface area contributed by atoms with Crippen LogP contribution in [0.1, 0.15) is 22.3 Å². The Morgan fingerprint density at radius 3 is 1.87 bits per heavy atom. The standard InChI is InChI=1S/C28H23N3.C6H7N/c1-18-11-14-20(15-12-18)31(26-16-13-19(2)21-7-3-4-8-22(21)26)27-17-25(29)28(30)24-10-6-5-9-23(24)27;7-6-4-2-1-3-5-6/h3-17,29-30H,1-2H3;1-5H,7H2. The zero-order chi connectivity index (χ0) is 26.6. The summed E-state index contributed by atoms with van der Waals surface area (Å²) in [7, 11) is 0. The summed E-state index contributed by atoms with van der Waals surface area (Å²) in [6, 6.07) is 38.6. The van der Waals surface area contributed by atoms with Crippen LogP contribution in [0.2, 0.25) is 0 Å². The third-order valence-electron chi connectivity index (χ3n) is 6.72. The van der Waals surface area contributed by atoms with Crippen molar-refractivity contribution in [2.24, 2.45) is 0 Å². The van der Waals surface area contributed by atoms with Gasteiger partial charge in [-0.3, -0.25) is 10.8 Å². The summed E-state index contributed by atoms with van der Waals surface area (Å²) in [5, 5.41) is 19.3. The Morgan fingerprint density at radius 1 is 0.605 bits per heavy atom. The van der Waals surface area contributed by atoms with Crippen molar-refractivity contribution < 1.29 is 0 Å². The Morgan fingerprint density at radius 2 is 1.21 bits per heavy atom. The van der Waals surface area contributed by atoms with Gasteiger partial charge in [-0.05, 0) is 61.2 Å². The number of allylic oxidation sites excluding steroid dienone is 1. The molecule has 4 N–H and O–H groups in total. The molecule has 0 aliphatic heterocycles. The molecule has 0 saturated heterocycles. The van der Waals surface area contributed by atoms with Crippen LogP contribution < -0.4 is 10.6 Å². The normalized spacial score (nSPS) is 12.3. The molecule has 0 heterocycles. The molecule has 0 fully saturated rings. The highest BCUT2D eigenvalue weighted by molar-refractivity contribution is 6.53. The van der Waals surface area contributed by atoms with Crippen LogP contribution in [-0.4, -0.2) is 11.4 Å². The van der Waals surface area contributed by atoms with Crippen molar-refractivity contribution in [2.75, 3.05) is 10.6 Å². The topological polar surface area (TPSA) is 77.0 Å². The van der Waals surface area contributed by atoms with Gasteiger partial charge in [0.15, 0.2) is 0 Å². The lowest BCUT2D eigenvalue weighted by atomic mass is 9.90. The molecule has 1 aliphatic rings. The Balaban J connectivity index is 0.000000366. The first kappa shape index (κ1) is 24.7. The van der Waals surface area contributed by atoms with E-state index in [1.54, 1.807) is 0 Å². The number of aryl methyl sites for hydroxylation is 2. The van der Waals surface area contributed by atoms with Crippen molar-refractivity contribution in [1.29, 1.82) is 10.8 Å². The number of hydrogen-bond donors (Lipinski definition) is 3. The summed E-state index contributed by atoms with van der Waals surface area (Å²) in [6.45, 7) is 4.22. The first-order valence-corrected chi connectivity index (χ1v) is 12.6. The second-order valence-electron chi connectivity index (χ2n) is 9.39. The Labute approximate surface area is 223 Å². The second kappa shape index (κ2) is 10.6. The third-order valence-corrected chi connectivity index (χ3v) is 6.72. The van der Waals surface area contributed by atoms with Crippen LogP contribution in [-0.2, 0) is 0 Å². The van der Waals surface area contributed by atoms with E-state index in [-0.39, 0.29) is 11.4 Å². The molecule has 0 bridgehead atoms. The van der Waals surface area contributed by atoms with Crippen LogP contribution in [0.3, 0.4) is 0 Å². The maximum atomic E-state index is 8.48. The summed E-state index contributed by atoms with van der Waals surface area (Å²) in [4.78, 5) is 2.22. The van der Waals surface area contributed by atoms with Crippen LogP contribution in [0.4, 0.5) is 17.1 Å². The van der Waals surface area contributed by atoms with Gasteiger partial charge in [0, 0.05) is 27.9 Å². The highest BCUT2D eigenvalue weighted by Crippen LogP contribution is 2.41. The summed E-state index contributed by atoms with van der Waals surface area (Å²) < 4.78 is 0. The lowest BCUT2D eigenvalue weighted by molar-refractivity contribution is 1.28. The van der Waals surface area contributed by atoms with E-state index in [0.717, 1.165) is 39.3 Å².